The third kappa shape index (κ3) is 24.5. The fraction of sp³-hybridized carbons (Fsp3) is 0.480. The van der Waals surface area contributed by atoms with Crippen molar-refractivity contribution in [1.82, 2.24) is 0 Å². The van der Waals surface area contributed by atoms with Crippen molar-refractivity contribution in [2.75, 3.05) is 13.2 Å². The van der Waals surface area contributed by atoms with E-state index >= 15 is 0 Å². The first-order chi connectivity index (χ1) is 15.9. The van der Waals surface area contributed by atoms with Crippen LogP contribution in [0.25, 0.3) is 0 Å². The SMILES string of the molecule is CC/C=C\C/C=C\C/C=C\C/C=C\C/C=C\C/C=C\CCC(=O)O[C@H](CO)COP(=O)(O)O. The number of carbonyl (C=O) groups is 1. The third-order valence-electron chi connectivity index (χ3n) is 4.04. The number of phosphoric ester groups is 1. The number of esters is 1. The molecule has 7 nitrogen and oxygen atoms in total. The average Bonchev–Trinajstić information content (AvgIpc) is 2.77. The van der Waals surface area contributed by atoms with Crippen LogP contribution in [0, 0.1) is 0 Å². The van der Waals surface area contributed by atoms with Crippen molar-refractivity contribution in [3.05, 3.63) is 72.9 Å². The second kappa shape index (κ2) is 21.8. The highest BCUT2D eigenvalue weighted by molar-refractivity contribution is 7.46. The zero-order valence-corrected chi connectivity index (χ0v) is 20.4. The molecule has 0 spiro atoms. The van der Waals surface area contributed by atoms with Crippen LogP contribution < -0.4 is 0 Å². The molecule has 1 atom stereocenters. The molecule has 0 fully saturated rings. The minimum atomic E-state index is -4.66. The Bertz CT molecular complexity index is 714. The molecule has 0 aromatic rings. The Morgan fingerprint density at radius 1 is 0.788 bits per heavy atom. The lowest BCUT2D eigenvalue weighted by atomic mass is 10.2. The lowest BCUT2D eigenvalue weighted by Gasteiger charge is -2.15. The van der Waals surface area contributed by atoms with E-state index in [4.69, 9.17) is 19.6 Å². The average molecular weight is 483 g/mol. The Morgan fingerprint density at radius 3 is 1.61 bits per heavy atom. The van der Waals surface area contributed by atoms with E-state index in [-0.39, 0.29) is 6.42 Å². The van der Waals surface area contributed by atoms with E-state index in [1.54, 1.807) is 0 Å². The normalized spacial score (nSPS) is 14.2. The van der Waals surface area contributed by atoms with Crippen molar-refractivity contribution >= 4 is 13.8 Å². The smallest absolute Gasteiger partial charge is 0.457 e. The van der Waals surface area contributed by atoms with Gasteiger partial charge in [0.15, 0.2) is 0 Å². The molecule has 0 bridgehead atoms. The van der Waals surface area contributed by atoms with Crippen LogP contribution in [0.1, 0.15) is 58.3 Å². The van der Waals surface area contributed by atoms with Crippen molar-refractivity contribution in [2.45, 2.75) is 64.4 Å². The molecule has 0 heterocycles. The molecule has 0 radical (unpaired) electrons. The summed E-state index contributed by atoms with van der Waals surface area (Å²) in [5.41, 5.74) is 0. The lowest BCUT2D eigenvalue weighted by molar-refractivity contribution is -0.153. The quantitative estimate of drug-likeness (QED) is 0.127. The summed E-state index contributed by atoms with van der Waals surface area (Å²) in [5.74, 6) is -0.567. The molecule has 0 aromatic carbocycles. The predicted octanol–water partition coefficient (Wildman–Crippen LogP) is 5.48. The third-order valence-corrected chi connectivity index (χ3v) is 4.53. The molecule has 0 saturated heterocycles. The number of allylic oxidation sites excluding steroid dienone is 12. The highest BCUT2D eigenvalue weighted by atomic mass is 31.2. The van der Waals surface area contributed by atoms with Gasteiger partial charge in [-0.3, -0.25) is 9.32 Å². The summed E-state index contributed by atoms with van der Waals surface area (Å²) in [4.78, 5) is 28.9. The van der Waals surface area contributed by atoms with Gasteiger partial charge in [-0.25, -0.2) is 4.57 Å². The minimum absolute atomic E-state index is 0.106. The number of aliphatic hydroxyl groups is 1. The molecule has 8 heteroatoms. The predicted molar refractivity (Wildman–Crippen MR) is 132 cm³/mol. The first-order valence-corrected chi connectivity index (χ1v) is 12.8. The summed E-state index contributed by atoms with van der Waals surface area (Å²) < 4.78 is 19.8. The molecular weight excluding hydrogens is 443 g/mol. The molecular formula is C25H39O7P. The lowest BCUT2D eigenvalue weighted by Crippen LogP contribution is -2.26. The van der Waals surface area contributed by atoms with E-state index in [1.807, 2.05) is 18.2 Å². The second-order valence-electron chi connectivity index (χ2n) is 7.03. The fourth-order valence-corrected chi connectivity index (χ4v) is 2.75. The van der Waals surface area contributed by atoms with Gasteiger partial charge in [-0.05, 0) is 44.9 Å². The molecule has 0 saturated carbocycles. The van der Waals surface area contributed by atoms with Gasteiger partial charge in [0, 0.05) is 6.42 Å². The maximum absolute atomic E-state index is 11.7. The van der Waals surface area contributed by atoms with Crippen molar-refractivity contribution in [2.24, 2.45) is 0 Å². The molecule has 33 heavy (non-hydrogen) atoms. The second-order valence-corrected chi connectivity index (χ2v) is 8.27. The molecule has 0 aliphatic heterocycles. The molecule has 0 aliphatic carbocycles. The van der Waals surface area contributed by atoms with Gasteiger partial charge < -0.3 is 19.6 Å². The van der Waals surface area contributed by atoms with Crippen LogP contribution >= 0.6 is 7.82 Å². The summed E-state index contributed by atoms with van der Waals surface area (Å²) in [6.07, 6.45) is 30.3. The van der Waals surface area contributed by atoms with Gasteiger partial charge in [0.2, 0.25) is 0 Å². The number of phosphoric acid groups is 1. The standard InChI is InChI=1S/C25H39O7P/c1-2-3-4-5-6-7-8-9-10-11-12-13-14-15-16-17-18-19-20-21-25(27)32-24(22-26)23-31-33(28,29)30/h3-4,6-7,9-10,12-13,15-16,18-19,24,26H,2,5,8,11,14,17,20-23H2,1H3,(H2,28,29,30)/b4-3-,7-6-,10-9-,13-12-,16-15-,19-18-/t24-/m1/s1. The number of rotatable bonds is 19. The molecule has 3 N–H and O–H groups in total. The number of hydrogen-bond acceptors (Lipinski definition) is 5. The monoisotopic (exact) mass is 482 g/mol. The maximum Gasteiger partial charge on any atom is 0.469 e. The summed E-state index contributed by atoms with van der Waals surface area (Å²) in [7, 11) is -4.66. The Kier molecular flexibility index (Phi) is 20.5. The van der Waals surface area contributed by atoms with Gasteiger partial charge in [0.1, 0.15) is 6.10 Å². The maximum atomic E-state index is 11.7. The van der Waals surface area contributed by atoms with Crippen molar-refractivity contribution in [1.29, 1.82) is 0 Å². The van der Waals surface area contributed by atoms with Crippen LogP contribution in [0.3, 0.4) is 0 Å². The van der Waals surface area contributed by atoms with Crippen LogP contribution in [-0.4, -0.2) is 40.2 Å². The number of aliphatic hydroxyl groups excluding tert-OH is 1. The topological polar surface area (TPSA) is 113 Å². The molecule has 0 unspecified atom stereocenters. The number of ether oxygens (including phenoxy) is 1. The zero-order valence-electron chi connectivity index (χ0n) is 19.5. The van der Waals surface area contributed by atoms with Crippen LogP contribution in [-0.2, 0) is 18.6 Å². The Hall–Kier alpha value is -2.02. The number of carbonyl (C=O) groups excluding carboxylic acids is 1. The minimum Gasteiger partial charge on any atom is -0.457 e. The van der Waals surface area contributed by atoms with Crippen molar-refractivity contribution < 1.29 is 33.5 Å². The van der Waals surface area contributed by atoms with Crippen LogP contribution in [0.2, 0.25) is 0 Å². The van der Waals surface area contributed by atoms with Gasteiger partial charge in [0.25, 0.3) is 0 Å². The van der Waals surface area contributed by atoms with Crippen molar-refractivity contribution in [3.8, 4) is 0 Å². The van der Waals surface area contributed by atoms with Crippen LogP contribution in [0.15, 0.2) is 72.9 Å². The summed E-state index contributed by atoms with van der Waals surface area (Å²) >= 11 is 0. The van der Waals surface area contributed by atoms with E-state index in [2.05, 4.69) is 66.1 Å². The highest BCUT2D eigenvalue weighted by Gasteiger charge is 2.20. The van der Waals surface area contributed by atoms with Gasteiger partial charge in [-0.1, -0.05) is 79.8 Å². The molecule has 0 rings (SSSR count). The van der Waals surface area contributed by atoms with E-state index in [9.17, 15) is 9.36 Å². The van der Waals surface area contributed by atoms with Gasteiger partial charge in [0.05, 0.1) is 13.2 Å². The molecule has 186 valence electrons. The van der Waals surface area contributed by atoms with Crippen LogP contribution in [0.5, 0.6) is 0 Å². The Labute approximate surface area is 198 Å². The summed E-state index contributed by atoms with van der Waals surface area (Å²) in [6, 6.07) is 0. The molecule has 0 aromatic heterocycles. The summed E-state index contributed by atoms with van der Waals surface area (Å²) in [6.45, 7) is 0.991. The first kappa shape index (κ1) is 31.0. The molecule has 0 amide bonds. The zero-order chi connectivity index (χ0) is 24.6. The first-order valence-electron chi connectivity index (χ1n) is 11.3. The Morgan fingerprint density at radius 2 is 1.21 bits per heavy atom. The van der Waals surface area contributed by atoms with Gasteiger partial charge in [-0.15, -0.1) is 0 Å². The van der Waals surface area contributed by atoms with Crippen LogP contribution in [0.4, 0.5) is 0 Å². The van der Waals surface area contributed by atoms with Gasteiger partial charge >= 0.3 is 13.8 Å². The van der Waals surface area contributed by atoms with E-state index in [1.165, 1.54) is 0 Å². The fourth-order valence-electron chi connectivity index (χ4n) is 2.39. The van der Waals surface area contributed by atoms with E-state index in [0.29, 0.717) is 6.42 Å². The molecule has 0 aliphatic rings. The number of hydrogen-bond donors (Lipinski definition) is 3. The van der Waals surface area contributed by atoms with Gasteiger partial charge in [-0.2, -0.15) is 0 Å². The highest BCUT2D eigenvalue weighted by Crippen LogP contribution is 2.35. The van der Waals surface area contributed by atoms with E-state index in [0.717, 1.165) is 38.5 Å². The Balaban J connectivity index is 3.78. The summed E-state index contributed by atoms with van der Waals surface area (Å²) in [5, 5.41) is 9.06. The largest absolute Gasteiger partial charge is 0.469 e. The van der Waals surface area contributed by atoms with Crippen molar-refractivity contribution in [3.63, 3.8) is 0 Å². The van der Waals surface area contributed by atoms with E-state index < -0.39 is 33.1 Å².